The standard InChI is InChI=1S/C19H14F4N2O4/c1-10-14(9-27-13-4-2-3-11(20)7-13)17(25-29-10)18(26)24-15-6-5-12(21)8-16(15)28-19(22)23/h2-8,19H,9H2,1H3,(H,24,26). The van der Waals surface area contributed by atoms with E-state index < -0.39 is 29.9 Å². The van der Waals surface area contributed by atoms with E-state index in [4.69, 9.17) is 9.26 Å². The number of anilines is 1. The summed E-state index contributed by atoms with van der Waals surface area (Å²) in [5, 5.41) is 5.96. The predicted molar refractivity (Wildman–Crippen MR) is 93.0 cm³/mol. The number of amides is 1. The molecule has 6 nitrogen and oxygen atoms in total. The highest BCUT2D eigenvalue weighted by molar-refractivity contribution is 6.04. The Balaban J connectivity index is 1.79. The Morgan fingerprint density at radius 3 is 2.66 bits per heavy atom. The van der Waals surface area contributed by atoms with E-state index in [1.807, 2.05) is 0 Å². The molecule has 0 bridgehead atoms. The third kappa shape index (κ3) is 5.03. The number of benzene rings is 2. The SMILES string of the molecule is Cc1onc(C(=O)Nc2ccc(F)cc2OC(F)F)c1COc1cccc(F)c1. The van der Waals surface area contributed by atoms with Crippen molar-refractivity contribution in [3.8, 4) is 11.5 Å². The molecule has 29 heavy (non-hydrogen) atoms. The Morgan fingerprint density at radius 1 is 1.17 bits per heavy atom. The number of aryl methyl sites for hydroxylation is 1. The Labute approximate surface area is 162 Å². The molecule has 0 radical (unpaired) electrons. The zero-order valence-corrected chi connectivity index (χ0v) is 14.9. The third-order valence-electron chi connectivity index (χ3n) is 3.79. The summed E-state index contributed by atoms with van der Waals surface area (Å²) in [5.41, 5.74) is -0.0919. The topological polar surface area (TPSA) is 73.6 Å². The number of hydrogen-bond acceptors (Lipinski definition) is 5. The summed E-state index contributed by atoms with van der Waals surface area (Å²) in [6, 6.07) is 8.14. The zero-order chi connectivity index (χ0) is 21.0. The summed E-state index contributed by atoms with van der Waals surface area (Å²) in [6.45, 7) is -1.83. The van der Waals surface area contributed by atoms with Crippen LogP contribution in [0.1, 0.15) is 21.8 Å². The average Bonchev–Trinajstić information content (AvgIpc) is 3.02. The summed E-state index contributed by atoms with van der Waals surface area (Å²) < 4.78 is 66.3. The van der Waals surface area contributed by atoms with Gasteiger partial charge < -0.3 is 19.3 Å². The summed E-state index contributed by atoms with van der Waals surface area (Å²) in [4.78, 5) is 12.6. The largest absolute Gasteiger partial charge is 0.489 e. The smallest absolute Gasteiger partial charge is 0.387 e. The molecule has 0 spiro atoms. The molecule has 0 saturated heterocycles. The van der Waals surface area contributed by atoms with E-state index in [0.29, 0.717) is 6.07 Å². The number of nitrogens with zero attached hydrogens (tertiary/aromatic N) is 1. The number of aromatic nitrogens is 1. The fraction of sp³-hybridized carbons (Fsp3) is 0.158. The summed E-state index contributed by atoms with van der Waals surface area (Å²) in [6.07, 6.45) is 0. The third-order valence-corrected chi connectivity index (χ3v) is 3.79. The molecule has 0 aliphatic heterocycles. The van der Waals surface area contributed by atoms with E-state index in [0.717, 1.165) is 18.2 Å². The van der Waals surface area contributed by atoms with Gasteiger partial charge in [-0.2, -0.15) is 8.78 Å². The van der Waals surface area contributed by atoms with E-state index in [1.54, 1.807) is 0 Å². The molecule has 0 saturated carbocycles. The second-order valence-corrected chi connectivity index (χ2v) is 5.79. The number of hydrogen-bond donors (Lipinski definition) is 1. The van der Waals surface area contributed by atoms with Crippen molar-refractivity contribution in [1.29, 1.82) is 0 Å². The van der Waals surface area contributed by atoms with Crippen LogP contribution >= 0.6 is 0 Å². The predicted octanol–water partition coefficient (Wildman–Crippen LogP) is 4.69. The van der Waals surface area contributed by atoms with E-state index in [9.17, 15) is 22.4 Å². The van der Waals surface area contributed by atoms with E-state index in [-0.39, 0.29) is 35.1 Å². The molecule has 3 aromatic rings. The van der Waals surface area contributed by atoms with Crippen molar-refractivity contribution in [3.63, 3.8) is 0 Å². The maximum absolute atomic E-state index is 13.3. The lowest BCUT2D eigenvalue weighted by Gasteiger charge is -2.12. The highest BCUT2D eigenvalue weighted by atomic mass is 19.3. The molecule has 152 valence electrons. The van der Waals surface area contributed by atoms with Gasteiger partial charge in [-0.3, -0.25) is 4.79 Å². The van der Waals surface area contributed by atoms with Crippen LogP contribution < -0.4 is 14.8 Å². The summed E-state index contributed by atoms with van der Waals surface area (Å²) >= 11 is 0. The van der Waals surface area contributed by atoms with E-state index >= 15 is 0 Å². The molecule has 0 aliphatic rings. The Hall–Kier alpha value is -3.56. The number of carbonyl (C=O) groups is 1. The summed E-state index contributed by atoms with van der Waals surface area (Å²) in [5.74, 6) is -2.18. The zero-order valence-electron chi connectivity index (χ0n) is 14.9. The van der Waals surface area contributed by atoms with Gasteiger partial charge >= 0.3 is 6.61 Å². The monoisotopic (exact) mass is 410 g/mol. The molecule has 1 heterocycles. The van der Waals surface area contributed by atoms with Crippen LogP contribution in [-0.4, -0.2) is 17.7 Å². The fourth-order valence-electron chi connectivity index (χ4n) is 2.43. The number of ether oxygens (including phenoxy) is 2. The van der Waals surface area contributed by atoms with Crippen molar-refractivity contribution in [2.24, 2.45) is 0 Å². The molecular formula is C19H14F4N2O4. The minimum atomic E-state index is -3.21. The number of alkyl halides is 2. The van der Waals surface area contributed by atoms with Crippen LogP contribution in [0.4, 0.5) is 23.2 Å². The van der Waals surface area contributed by atoms with Gasteiger partial charge in [-0.25, -0.2) is 8.78 Å². The first-order valence-corrected chi connectivity index (χ1v) is 8.22. The van der Waals surface area contributed by atoms with Crippen molar-refractivity contribution >= 4 is 11.6 Å². The Bertz CT molecular complexity index is 1020. The van der Waals surface area contributed by atoms with Crippen LogP contribution in [0, 0.1) is 18.6 Å². The Kier molecular flexibility index (Phi) is 6.01. The fourth-order valence-corrected chi connectivity index (χ4v) is 2.43. The van der Waals surface area contributed by atoms with Gasteiger partial charge in [-0.15, -0.1) is 0 Å². The first kappa shape index (κ1) is 20.2. The molecule has 0 unspecified atom stereocenters. The van der Waals surface area contributed by atoms with Crippen LogP contribution in [0.15, 0.2) is 47.0 Å². The van der Waals surface area contributed by atoms with Crippen LogP contribution in [-0.2, 0) is 6.61 Å². The van der Waals surface area contributed by atoms with Crippen LogP contribution in [0.3, 0.4) is 0 Å². The molecule has 1 N–H and O–H groups in total. The van der Waals surface area contributed by atoms with Gasteiger partial charge in [0.15, 0.2) is 11.4 Å². The minimum Gasteiger partial charge on any atom is -0.489 e. The molecule has 0 atom stereocenters. The minimum absolute atomic E-state index is 0.161. The van der Waals surface area contributed by atoms with Gasteiger partial charge in [0.25, 0.3) is 5.91 Å². The van der Waals surface area contributed by atoms with Crippen molar-refractivity contribution < 1.29 is 36.4 Å². The van der Waals surface area contributed by atoms with Gasteiger partial charge in [-0.05, 0) is 31.2 Å². The lowest BCUT2D eigenvalue weighted by molar-refractivity contribution is -0.0495. The first-order valence-electron chi connectivity index (χ1n) is 8.22. The molecule has 1 amide bonds. The molecule has 0 fully saturated rings. The van der Waals surface area contributed by atoms with Crippen LogP contribution in [0.5, 0.6) is 11.5 Å². The van der Waals surface area contributed by atoms with Gasteiger partial charge in [-0.1, -0.05) is 11.2 Å². The first-order chi connectivity index (χ1) is 13.8. The number of rotatable bonds is 7. The van der Waals surface area contributed by atoms with Crippen LogP contribution in [0.2, 0.25) is 0 Å². The van der Waals surface area contributed by atoms with Gasteiger partial charge in [0.1, 0.15) is 29.8 Å². The molecule has 0 aliphatic carbocycles. The van der Waals surface area contributed by atoms with Crippen LogP contribution in [0.25, 0.3) is 0 Å². The van der Waals surface area contributed by atoms with E-state index in [2.05, 4.69) is 15.2 Å². The maximum Gasteiger partial charge on any atom is 0.387 e. The maximum atomic E-state index is 13.3. The molecular weight excluding hydrogens is 396 g/mol. The summed E-state index contributed by atoms with van der Waals surface area (Å²) in [7, 11) is 0. The van der Waals surface area contributed by atoms with Gasteiger partial charge in [0.05, 0.1) is 11.3 Å². The molecule has 1 aromatic heterocycles. The highest BCUT2D eigenvalue weighted by Gasteiger charge is 2.22. The molecule has 2 aromatic carbocycles. The van der Waals surface area contributed by atoms with Crippen molar-refractivity contribution in [2.45, 2.75) is 20.1 Å². The van der Waals surface area contributed by atoms with Crippen molar-refractivity contribution in [1.82, 2.24) is 5.16 Å². The van der Waals surface area contributed by atoms with Gasteiger partial charge in [0, 0.05) is 12.1 Å². The number of nitrogens with one attached hydrogen (secondary N) is 1. The number of carbonyl (C=O) groups excluding carboxylic acids is 1. The van der Waals surface area contributed by atoms with Crippen molar-refractivity contribution in [3.05, 3.63) is 71.1 Å². The normalized spacial score (nSPS) is 10.8. The quantitative estimate of drug-likeness (QED) is 0.572. The molecule has 10 heteroatoms. The lowest BCUT2D eigenvalue weighted by Crippen LogP contribution is -2.17. The van der Waals surface area contributed by atoms with E-state index in [1.165, 1.54) is 25.1 Å². The highest BCUT2D eigenvalue weighted by Crippen LogP contribution is 2.28. The molecule has 3 rings (SSSR count). The van der Waals surface area contributed by atoms with Gasteiger partial charge in [0.2, 0.25) is 0 Å². The lowest BCUT2D eigenvalue weighted by atomic mass is 10.2. The number of halogens is 4. The second-order valence-electron chi connectivity index (χ2n) is 5.79. The average molecular weight is 410 g/mol. The van der Waals surface area contributed by atoms with Crippen molar-refractivity contribution in [2.75, 3.05) is 5.32 Å². The second kappa shape index (κ2) is 8.63. The Morgan fingerprint density at radius 2 is 1.93 bits per heavy atom.